The molecule has 0 aromatic heterocycles. The number of hydrogen-bond acceptors (Lipinski definition) is 5. The summed E-state index contributed by atoms with van der Waals surface area (Å²) in [6.45, 7) is 7.05. The Morgan fingerprint density at radius 2 is 2.12 bits per heavy atom. The van der Waals surface area contributed by atoms with Crippen molar-refractivity contribution in [3.63, 3.8) is 0 Å². The minimum atomic E-state index is -0.494. The molecule has 2 atom stereocenters. The van der Waals surface area contributed by atoms with Crippen LogP contribution in [0.15, 0.2) is 24.4 Å². The van der Waals surface area contributed by atoms with Gasteiger partial charge in [-0.1, -0.05) is 6.07 Å². The normalized spacial score (nSPS) is 19.7. The van der Waals surface area contributed by atoms with E-state index in [-0.39, 0.29) is 24.1 Å². The van der Waals surface area contributed by atoms with Gasteiger partial charge >= 0.3 is 6.09 Å². The number of nitrogens with zero attached hydrogens (tertiary/aromatic N) is 1. The lowest BCUT2D eigenvalue weighted by atomic mass is 9.89. The lowest BCUT2D eigenvalue weighted by Crippen LogP contribution is -2.45. The first-order chi connectivity index (χ1) is 12.3. The zero-order valence-electron chi connectivity index (χ0n) is 15.6. The summed E-state index contributed by atoms with van der Waals surface area (Å²) in [6.07, 6.45) is 2.38. The SMILES string of the molecule is CC(=O)N1c2ccc(/C(C=N)=C/N)cc2C(NC(=O)OC(C)C)CC1C. The summed E-state index contributed by atoms with van der Waals surface area (Å²) in [6, 6.07) is 5.15. The van der Waals surface area contributed by atoms with E-state index >= 15 is 0 Å². The van der Waals surface area contributed by atoms with Crippen LogP contribution in [0.5, 0.6) is 0 Å². The second-order valence-electron chi connectivity index (χ2n) is 6.66. The maximum absolute atomic E-state index is 12.1. The number of nitrogens with one attached hydrogen (secondary N) is 2. The molecule has 0 aliphatic carbocycles. The minimum Gasteiger partial charge on any atom is -0.447 e. The van der Waals surface area contributed by atoms with E-state index in [9.17, 15) is 9.59 Å². The highest BCUT2D eigenvalue weighted by Gasteiger charge is 2.33. The Hall–Kier alpha value is -2.83. The molecule has 0 saturated heterocycles. The number of amides is 2. The fourth-order valence-corrected chi connectivity index (χ4v) is 3.28. The summed E-state index contributed by atoms with van der Waals surface area (Å²) in [7, 11) is 0. The summed E-state index contributed by atoms with van der Waals surface area (Å²) < 4.78 is 5.20. The summed E-state index contributed by atoms with van der Waals surface area (Å²) in [4.78, 5) is 26.0. The molecule has 7 nitrogen and oxygen atoms in total. The Bertz CT molecular complexity index is 742. The molecule has 2 rings (SSSR count). The summed E-state index contributed by atoms with van der Waals surface area (Å²) >= 11 is 0. The number of nitrogens with two attached hydrogens (primary N) is 1. The first kappa shape index (κ1) is 19.5. The van der Waals surface area contributed by atoms with E-state index in [1.165, 1.54) is 19.3 Å². The third-order valence-electron chi connectivity index (χ3n) is 4.32. The van der Waals surface area contributed by atoms with Crippen LogP contribution in [-0.4, -0.2) is 30.4 Å². The second kappa shape index (κ2) is 8.03. The number of allylic oxidation sites excluding steroid dienone is 1. The number of hydrogen-bond donors (Lipinski definition) is 3. The van der Waals surface area contributed by atoms with Crippen LogP contribution >= 0.6 is 0 Å². The van der Waals surface area contributed by atoms with E-state index in [4.69, 9.17) is 15.9 Å². The van der Waals surface area contributed by atoms with Gasteiger partial charge in [-0.05, 0) is 50.5 Å². The molecule has 4 N–H and O–H groups in total. The van der Waals surface area contributed by atoms with Gasteiger partial charge in [-0.25, -0.2) is 4.79 Å². The molecule has 1 aromatic rings. The molecular weight excluding hydrogens is 332 g/mol. The Morgan fingerprint density at radius 3 is 2.65 bits per heavy atom. The van der Waals surface area contributed by atoms with Gasteiger partial charge in [0.15, 0.2) is 0 Å². The highest BCUT2D eigenvalue weighted by Crippen LogP contribution is 2.38. The molecule has 0 fully saturated rings. The number of alkyl carbamates (subject to hydrolysis) is 1. The van der Waals surface area contributed by atoms with E-state index in [0.29, 0.717) is 12.0 Å². The van der Waals surface area contributed by atoms with Gasteiger partial charge in [0.25, 0.3) is 0 Å². The minimum absolute atomic E-state index is 0.0589. The largest absolute Gasteiger partial charge is 0.447 e. The molecule has 2 unspecified atom stereocenters. The molecule has 1 aliphatic rings. The first-order valence-corrected chi connectivity index (χ1v) is 8.62. The molecule has 140 valence electrons. The van der Waals surface area contributed by atoms with Crippen molar-refractivity contribution in [2.24, 2.45) is 5.73 Å². The number of fused-ring (bicyclic) bond motifs is 1. The van der Waals surface area contributed by atoms with E-state index in [1.807, 2.05) is 25.1 Å². The maximum Gasteiger partial charge on any atom is 0.407 e. The maximum atomic E-state index is 12.1. The zero-order chi connectivity index (χ0) is 19.4. The predicted molar refractivity (Wildman–Crippen MR) is 102 cm³/mol. The van der Waals surface area contributed by atoms with Crippen molar-refractivity contribution in [1.82, 2.24) is 5.32 Å². The Kier molecular flexibility index (Phi) is 6.02. The molecular formula is C19H26N4O3. The van der Waals surface area contributed by atoms with E-state index < -0.39 is 6.09 Å². The number of benzene rings is 1. The highest BCUT2D eigenvalue weighted by atomic mass is 16.6. The van der Waals surface area contributed by atoms with Crippen LogP contribution in [-0.2, 0) is 9.53 Å². The van der Waals surface area contributed by atoms with Crippen molar-refractivity contribution >= 4 is 29.5 Å². The van der Waals surface area contributed by atoms with Gasteiger partial charge in [-0.15, -0.1) is 0 Å². The van der Waals surface area contributed by atoms with Crippen LogP contribution < -0.4 is 16.0 Å². The Labute approximate surface area is 153 Å². The quantitative estimate of drug-likeness (QED) is 0.719. The third kappa shape index (κ3) is 4.04. The lowest BCUT2D eigenvalue weighted by Gasteiger charge is -2.39. The molecule has 1 aliphatic heterocycles. The molecule has 2 amide bonds. The van der Waals surface area contributed by atoms with E-state index in [0.717, 1.165) is 16.8 Å². The smallest absolute Gasteiger partial charge is 0.407 e. The average molecular weight is 358 g/mol. The molecule has 0 spiro atoms. The molecule has 26 heavy (non-hydrogen) atoms. The van der Waals surface area contributed by atoms with Crippen LogP contribution in [0.1, 0.15) is 51.3 Å². The number of rotatable bonds is 4. The van der Waals surface area contributed by atoms with Crippen molar-refractivity contribution in [2.75, 3.05) is 4.90 Å². The van der Waals surface area contributed by atoms with Gasteiger partial charge < -0.3 is 26.1 Å². The summed E-state index contributed by atoms with van der Waals surface area (Å²) in [5.41, 5.74) is 8.45. The summed E-state index contributed by atoms with van der Waals surface area (Å²) in [5, 5.41) is 10.4. The van der Waals surface area contributed by atoms with Crippen LogP contribution in [0.4, 0.5) is 10.5 Å². The monoisotopic (exact) mass is 358 g/mol. The fraction of sp³-hybridized carbons (Fsp3) is 0.421. The van der Waals surface area contributed by atoms with Crippen LogP contribution in [0.2, 0.25) is 0 Å². The highest BCUT2D eigenvalue weighted by molar-refractivity contribution is 6.08. The van der Waals surface area contributed by atoms with Crippen molar-refractivity contribution < 1.29 is 14.3 Å². The number of carbonyl (C=O) groups excluding carboxylic acids is 2. The molecule has 1 heterocycles. The standard InChI is InChI=1S/C19H26N4O3/c1-11(2)26-19(25)22-17-7-12(3)23(13(4)24)18-6-5-14(8-16(17)18)15(9-20)10-21/h5-6,8-12,17,20H,7,21H2,1-4H3,(H,22,25)/b15-10+,20-9?. The van der Waals surface area contributed by atoms with Crippen molar-refractivity contribution in [3.8, 4) is 0 Å². The topological polar surface area (TPSA) is 109 Å². The summed E-state index contributed by atoms with van der Waals surface area (Å²) in [5.74, 6) is -0.0589. The van der Waals surface area contributed by atoms with E-state index in [2.05, 4.69) is 5.32 Å². The Balaban J connectivity index is 2.48. The zero-order valence-corrected chi connectivity index (χ0v) is 15.6. The Morgan fingerprint density at radius 1 is 1.42 bits per heavy atom. The molecule has 7 heteroatoms. The molecule has 1 aromatic carbocycles. The molecule has 0 saturated carbocycles. The molecule has 0 radical (unpaired) electrons. The number of ether oxygens (including phenoxy) is 1. The first-order valence-electron chi connectivity index (χ1n) is 8.62. The number of anilines is 1. The van der Waals surface area contributed by atoms with Crippen LogP contribution in [0.3, 0.4) is 0 Å². The van der Waals surface area contributed by atoms with Gasteiger partial charge in [0.2, 0.25) is 5.91 Å². The van der Waals surface area contributed by atoms with E-state index in [1.54, 1.807) is 18.7 Å². The van der Waals surface area contributed by atoms with Crippen molar-refractivity contribution in [3.05, 3.63) is 35.5 Å². The van der Waals surface area contributed by atoms with Crippen LogP contribution in [0, 0.1) is 5.41 Å². The van der Waals surface area contributed by atoms with Gasteiger partial charge in [0.05, 0.1) is 12.1 Å². The van der Waals surface area contributed by atoms with Gasteiger partial charge in [0.1, 0.15) is 0 Å². The van der Waals surface area contributed by atoms with Gasteiger partial charge in [0, 0.05) is 36.6 Å². The molecule has 0 bridgehead atoms. The lowest BCUT2D eigenvalue weighted by molar-refractivity contribution is -0.117. The predicted octanol–water partition coefficient (Wildman–Crippen LogP) is 2.96. The van der Waals surface area contributed by atoms with Gasteiger partial charge in [-0.2, -0.15) is 0 Å². The third-order valence-corrected chi connectivity index (χ3v) is 4.32. The second-order valence-corrected chi connectivity index (χ2v) is 6.66. The van der Waals surface area contributed by atoms with Gasteiger partial charge in [-0.3, -0.25) is 4.79 Å². The van der Waals surface area contributed by atoms with Crippen LogP contribution in [0.25, 0.3) is 5.57 Å². The van der Waals surface area contributed by atoms with Crippen molar-refractivity contribution in [1.29, 1.82) is 5.41 Å². The van der Waals surface area contributed by atoms with Crippen molar-refractivity contribution in [2.45, 2.75) is 52.3 Å². The average Bonchev–Trinajstić information content (AvgIpc) is 2.55. The fourth-order valence-electron chi connectivity index (χ4n) is 3.28. The number of carbonyl (C=O) groups is 2.